The Morgan fingerprint density at radius 2 is 1.79 bits per heavy atom. The third kappa shape index (κ3) is 5.78. The highest BCUT2D eigenvalue weighted by Crippen LogP contribution is 2.14. The molecular weight excluding hydrogens is 364 g/mol. The molecule has 0 aliphatic rings. The van der Waals surface area contributed by atoms with E-state index in [-0.39, 0.29) is 5.91 Å². The summed E-state index contributed by atoms with van der Waals surface area (Å²) in [5, 5.41) is 11.3. The summed E-state index contributed by atoms with van der Waals surface area (Å²) in [6.07, 6.45) is 0.717. The average molecular weight is 390 g/mol. The fourth-order valence-electron chi connectivity index (χ4n) is 3.01. The lowest BCUT2D eigenvalue weighted by molar-refractivity contribution is 0.0948. The zero-order chi connectivity index (χ0) is 20.5. The zero-order valence-electron chi connectivity index (χ0n) is 16.8. The Balaban J connectivity index is 1.55. The van der Waals surface area contributed by atoms with Gasteiger partial charge in [-0.15, -0.1) is 10.2 Å². The van der Waals surface area contributed by atoms with Gasteiger partial charge in [0.25, 0.3) is 5.91 Å². The summed E-state index contributed by atoms with van der Waals surface area (Å²) in [4.78, 5) is 14.5. The number of rotatable bonds is 9. The number of anilines is 1. The van der Waals surface area contributed by atoms with Crippen molar-refractivity contribution < 1.29 is 9.53 Å². The van der Waals surface area contributed by atoms with E-state index in [2.05, 4.69) is 39.5 Å². The molecule has 0 unspecified atom stereocenters. The van der Waals surface area contributed by atoms with E-state index >= 15 is 0 Å². The smallest absolute Gasteiger partial charge is 0.271 e. The van der Waals surface area contributed by atoms with Crippen molar-refractivity contribution in [1.82, 2.24) is 15.5 Å². The van der Waals surface area contributed by atoms with Crippen LogP contribution in [0.2, 0.25) is 0 Å². The Kier molecular flexibility index (Phi) is 7.16. The van der Waals surface area contributed by atoms with Crippen LogP contribution in [0.5, 0.6) is 5.75 Å². The standard InChI is InChI=1S/C23H26N4O2/c1-3-27(17-19-8-5-4-6-9-19)22-13-12-21(25-26-22)23(28)24-15-14-18-10-7-11-20(16-18)29-2/h4-13,16H,3,14-15,17H2,1-2H3,(H,24,28). The molecule has 0 atom stereocenters. The number of hydrogen-bond donors (Lipinski definition) is 1. The molecule has 2 aromatic carbocycles. The molecule has 0 aliphatic heterocycles. The number of carbonyl (C=O) groups is 1. The van der Waals surface area contributed by atoms with Crippen LogP contribution in [0.15, 0.2) is 66.7 Å². The molecule has 0 fully saturated rings. The minimum Gasteiger partial charge on any atom is -0.497 e. The minimum absolute atomic E-state index is 0.224. The fraction of sp³-hybridized carbons (Fsp3) is 0.261. The number of carbonyl (C=O) groups excluding carboxylic acids is 1. The maximum atomic E-state index is 12.3. The summed E-state index contributed by atoms with van der Waals surface area (Å²) in [5.41, 5.74) is 2.62. The Morgan fingerprint density at radius 3 is 2.48 bits per heavy atom. The van der Waals surface area contributed by atoms with Crippen molar-refractivity contribution in [1.29, 1.82) is 0 Å². The monoisotopic (exact) mass is 390 g/mol. The van der Waals surface area contributed by atoms with Gasteiger partial charge in [0.1, 0.15) is 5.75 Å². The highest BCUT2D eigenvalue weighted by Gasteiger charge is 2.11. The predicted molar refractivity (Wildman–Crippen MR) is 114 cm³/mol. The van der Waals surface area contributed by atoms with Crippen LogP contribution in [0.25, 0.3) is 0 Å². The molecule has 1 N–H and O–H groups in total. The van der Waals surface area contributed by atoms with E-state index in [1.807, 2.05) is 48.5 Å². The van der Waals surface area contributed by atoms with Gasteiger partial charge < -0.3 is 15.0 Å². The molecule has 1 heterocycles. The second-order valence-electron chi connectivity index (χ2n) is 6.63. The van der Waals surface area contributed by atoms with Crippen molar-refractivity contribution in [3.8, 4) is 5.75 Å². The normalized spacial score (nSPS) is 10.4. The van der Waals surface area contributed by atoms with Crippen LogP contribution in [0, 0.1) is 0 Å². The van der Waals surface area contributed by atoms with Crippen LogP contribution in [-0.2, 0) is 13.0 Å². The summed E-state index contributed by atoms with van der Waals surface area (Å²) in [6.45, 7) is 4.14. The van der Waals surface area contributed by atoms with Crippen molar-refractivity contribution in [3.63, 3.8) is 0 Å². The number of aromatic nitrogens is 2. The highest BCUT2D eigenvalue weighted by molar-refractivity contribution is 5.92. The number of benzene rings is 2. The number of ether oxygens (including phenoxy) is 1. The maximum absolute atomic E-state index is 12.3. The molecule has 0 bridgehead atoms. The summed E-state index contributed by atoms with van der Waals surface area (Å²) in [6, 6.07) is 21.6. The Morgan fingerprint density at radius 1 is 1.00 bits per heavy atom. The van der Waals surface area contributed by atoms with Crippen LogP contribution in [0.1, 0.15) is 28.5 Å². The van der Waals surface area contributed by atoms with Gasteiger partial charge in [-0.25, -0.2) is 0 Å². The van der Waals surface area contributed by atoms with Crippen LogP contribution < -0.4 is 15.0 Å². The van der Waals surface area contributed by atoms with E-state index in [0.717, 1.165) is 36.6 Å². The largest absolute Gasteiger partial charge is 0.497 e. The third-order valence-electron chi connectivity index (χ3n) is 4.64. The lowest BCUT2D eigenvalue weighted by atomic mass is 10.1. The van der Waals surface area contributed by atoms with Gasteiger partial charge >= 0.3 is 0 Å². The van der Waals surface area contributed by atoms with E-state index in [4.69, 9.17) is 4.74 Å². The molecule has 0 aliphatic carbocycles. The van der Waals surface area contributed by atoms with Crippen molar-refractivity contribution in [2.45, 2.75) is 19.9 Å². The van der Waals surface area contributed by atoms with Crippen LogP contribution in [0.3, 0.4) is 0 Å². The van der Waals surface area contributed by atoms with Gasteiger partial charge in [0, 0.05) is 19.6 Å². The second-order valence-corrected chi connectivity index (χ2v) is 6.63. The number of hydrogen-bond acceptors (Lipinski definition) is 5. The van der Waals surface area contributed by atoms with Gasteiger partial charge in [0.2, 0.25) is 0 Å². The Bertz CT molecular complexity index is 914. The summed E-state index contributed by atoms with van der Waals surface area (Å²) < 4.78 is 5.22. The van der Waals surface area contributed by atoms with Crippen molar-refractivity contribution in [3.05, 3.63) is 83.6 Å². The van der Waals surface area contributed by atoms with Gasteiger partial charge in [0.05, 0.1) is 7.11 Å². The second kappa shape index (κ2) is 10.2. The van der Waals surface area contributed by atoms with Crippen LogP contribution in [-0.4, -0.2) is 36.3 Å². The molecule has 0 saturated carbocycles. The van der Waals surface area contributed by atoms with E-state index in [0.29, 0.717) is 12.2 Å². The lowest BCUT2D eigenvalue weighted by Gasteiger charge is -2.21. The van der Waals surface area contributed by atoms with Gasteiger partial charge in [-0.1, -0.05) is 42.5 Å². The minimum atomic E-state index is -0.224. The molecule has 1 amide bonds. The fourth-order valence-corrected chi connectivity index (χ4v) is 3.01. The topological polar surface area (TPSA) is 67.4 Å². The van der Waals surface area contributed by atoms with Crippen molar-refractivity contribution in [2.75, 3.05) is 25.1 Å². The molecule has 6 nitrogen and oxygen atoms in total. The molecule has 3 rings (SSSR count). The molecule has 0 radical (unpaired) electrons. The molecule has 0 spiro atoms. The maximum Gasteiger partial charge on any atom is 0.271 e. The Labute approximate surface area is 171 Å². The highest BCUT2D eigenvalue weighted by atomic mass is 16.5. The number of methoxy groups -OCH3 is 1. The average Bonchev–Trinajstić information content (AvgIpc) is 2.78. The first kappa shape index (κ1) is 20.3. The quantitative estimate of drug-likeness (QED) is 0.606. The first-order chi connectivity index (χ1) is 14.2. The zero-order valence-corrected chi connectivity index (χ0v) is 16.8. The van der Waals surface area contributed by atoms with Gasteiger partial charge in [-0.3, -0.25) is 4.79 Å². The van der Waals surface area contributed by atoms with E-state index < -0.39 is 0 Å². The summed E-state index contributed by atoms with van der Waals surface area (Å²) in [5.74, 6) is 1.34. The van der Waals surface area contributed by atoms with Crippen molar-refractivity contribution >= 4 is 11.7 Å². The number of nitrogens with zero attached hydrogens (tertiary/aromatic N) is 3. The van der Waals surface area contributed by atoms with Gasteiger partial charge in [-0.05, 0) is 48.7 Å². The number of amides is 1. The van der Waals surface area contributed by atoms with E-state index in [1.54, 1.807) is 13.2 Å². The molecule has 6 heteroatoms. The van der Waals surface area contributed by atoms with Crippen LogP contribution in [0.4, 0.5) is 5.82 Å². The lowest BCUT2D eigenvalue weighted by Crippen LogP contribution is -2.28. The Hall–Kier alpha value is -3.41. The summed E-state index contributed by atoms with van der Waals surface area (Å²) >= 11 is 0. The first-order valence-electron chi connectivity index (χ1n) is 9.73. The molecule has 29 heavy (non-hydrogen) atoms. The van der Waals surface area contributed by atoms with Crippen LogP contribution >= 0.6 is 0 Å². The predicted octanol–water partition coefficient (Wildman–Crippen LogP) is 3.48. The van der Waals surface area contributed by atoms with E-state index in [1.165, 1.54) is 5.56 Å². The SMILES string of the molecule is CCN(Cc1ccccc1)c1ccc(C(=O)NCCc2cccc(OC)c2)nn1. The van der Waals surface area contributed by atoms with Gasteiger partial charge in [0.15, 0.2) is 11.5 Å². The van der Waals surface area contributed by atoms with Crippen molar-refractivity contribution in [2.24, 2.45) is 0 Å². The first-order valence-corrected chi connectivity index (χ1v) is 9.73. The van der Waals surface area contributed by atoms with E-state index in [9.17, 15) is 4.79 Å². The molecule has 1 aromatic heterocycles. The molecular formula is C23H26N4O2. The molecule has 3 aromatic rings. The summed E-state index contributed by atoms with van der Waals surface area (Å²) in [7, 11) is 1.64. The number of nitrogens with one attached hydrogen (secondary N) is 1. The molecule has 150 valence electrons. The third-order valence-corrected chi connectivity index (χ3v) is 4.64. The van der Waals surface area contributed by atoms with Gasteiger partial charge in [-0.2, -0.15) is 0 Å². The molecule has 0 saturated heterocycles.